The molecule has 0 amide bonds. The first kappa shape index (κ1) is 18.1. The van der Waals surface area contributed by atoms with Crippen molar-refractivity contribution in [3.63, 3.8) is 0 Å². The lowest BCUT2D eigenvalue weighted by Crippen LogP contribution is -2.29. The maximum atomic E-state index is 3.82. The highest BCUT2D eigenvalue weighted by Crippen LogP contribution is 2.20. The van der Waals surface area contributed by atoms with Crippen LogP contribution in [0.5, 0.6) is 0 Å². The normalized spacial score (nSPS) is 17.1. The van der Waals surface area contributed by atoms with Gasteiger partial charge in [0.1, 0.15) is 0 Å². The Morgan fingerprint density at radius 3 is 2.05 bits per heavy atom. The molecule has 0 heterocycles. The van der Waals surface area contributed by atoms with Gasteiger partial charge in [0, 0.05) is 12.6 Å². The molecule has 0 bridgehead atoms. The smallest absolute Gasteiger partial charge is 0.0536 e. The Bertz CT molecular complexity index is 274. The molecule has 0 radical (unpaired) electrons. The Morgan fingerprint density at radius 1 is 1.16 bits per heavy atom. The minimum absolute atomic E-state index is 0.815. The van der Waals surface area contributed by atoms with Crippen molar-refractivity contribution in [2.24, 2.45) is 4.99 Å². The van der Waals surface area contributed by atoms with Crippen molar-refractivity contribution in [3.8, 4) is 0 Å². The van der Waals surface area contributed by atoms with Crippen molar-refractivity contribution >= 4 is 6.72 Å². The topological polar surface area (TPSA) is 18.8 Å². The van der Waals surface area contributed by atoms with E-state index in [1.165, 1.54) is 32.1 Å². The number of hydrogen-bond donors (Lipinski definition) is 0. The van der Waals surface area contributed by atoms with Gasteiger partial charge in [0.2, 0.25) is 0 Å². The second-order valence-electron chi connectivity index (χ2n) is 5.55. The largest absolute Gasteiger partial charge is 0.306 e. The van der Waals surface area contributed by atoms with Gasteiger partial charge in [-0.25, -0.2) is 0 Å². The van der Waals surface area contributed by atoms with E-state index in [2.05, 4.69) is 37.3 Å². The highest BCUT2D eigenvalue weighted by molar-refractivity contribution is 5.30. The monoisotopic (exact) mass is 265 g/mol. The molecule has 0 atom stereocenters. The summed E-state index contributed by atoms with van der Waals surface area (Å²) in [4.78, 5) is 8.21. The third-order valence-electron chi connectivity index (χ3n) is 3.30. The summed E-state index contributed by atoms with van der Waals surface area (Å²) in [5, 5.41) is 0. The zero-order valence-electron chi connectivity index (χ0n) is 13.2. The quantitative estimate of drug-likeness (QED) is 0.561. The van der Waals surface area contributed by atoms with Crippen LogP contribution in [0.1, 0.15) is 32.1 Å². The summed E-state index contributed by atoms with van der Waals surface area (Å²) < 4.78 is 0. The molecule has 0 aromatic heterocycles. The van der Waals surface area contributed by atoms with E-state index in [0.29, 0.717) is 0 Å². The van der Waals surface area contributed by atoms with Crippen LogP contribution in [-0.2, 0) is 0 Å². The van der Waals surface area contributed by atoms with Gasteiger partial charge < -0.3 is 9.80 Å². The van der Waals surface area contributed by atoms with E-state index in [0.717, 1.165) is 18.3 Å². The molecule has 1 fully saturated rings. The van der Waals surface area contributed by atoms with E-state index in [1.54, 1.807) is 6.08 Å². The Labute approximate surface area is 119 Å². The third kappa shape index (κ3) is 9.62. The summed E-state index contributed by atoms with van der Waals surface area (Å²) in [6.07, 6.45) is 10.8. The van der Waals surface area contributed by atoms with Crippen molar-refractivity contribution < 1.29 is 0 Å². The molecule has 110 valence electrons. The molecule has 3 heteroatoms. The minimum atomic E-state index is 0.815. The average molecular weight is 265 g/mol. The number of rotatable bonds is 5. The molecule has 3 nitrogen and oxygen atoms in total. The van der Waals surface area contributed by atoms with E-state index in [-0.39, 0.29) is 0 Å². The third-order valence-corrected chi connectivity index (χ3v) is 3.30. The molecule has 1 rings (SSSR count). The number of nitrogens with zero attached hydrogens (tertiary/aromatic N) is 3. The predicted molar refractivity (Wildman–Crippen MR) is 86.9 cm³/mol. The van der Waals surface area contributed by atoms with Crippen molar-refractivity contribution in [1.82, 2.24) is 9.80 Å². The van der Waals surface area contributed by atoms with E-state index in [1.807, 2.05) is 25.1 Å². The number of allylic oxidation sites excluding steroid dienone is 2. The molecule has 0 aliphatic heterocycles. The molecule has 0 saturated heterocycles. The lowest BCUT2D eigenvalue weighted by Gasteiger charge is -2.27. The van der Waals surface area contributed by atoms with Crippen LogP contribution in [0.3, 0.4) is 0 Å². The summed E-state index contributed by atoms with van der Waals surface area (Å²) in [5.74, 6) is 0. The van der Waals surface area contributed by atoms with Gasteiger partial charge in [-0.2, -0.15) is 0 Å². The van der Waals surface area contributed by atoms with Crippen molar-refractivity contribution in [1.29, 1.82) is 0 Å². The van der Waals surface area contributed by atoms with Crippen molar-refractivity contribution in [3.05, 3.63) is 24.4 Å². The van der Waals surface area contributed by atoms with Gasteiger partial charge in [0.25, 0.3) is 0 Å². The lowest BCUT2D eigenvalue weighted by molar-refractivity contribution is 0.229. The zero-order valence-corrected chi connectivity index (χ0v) is 13.2. The predicted octanol–water partition coefficient (Wildman–Crippen LogP) is 3.20. The molecule has 19 heavy (non-hydrogen) atoms. The van der Waals surface area contributed by atoms with Crippen LogP contribution in [0.15, 0.2) is 29.4 Å². The summed E-state index contributed by atoms with van der Waals surface area (Å²) in [6, 6.07) is 0.888. The standard InChI is InChI=1S/C8H14N2.C8H17N/c1-5-6-8(9-2)7-10(3)4;1-9(2)8-6-4-3-5-7-8/h5-6H,1-2,7H2,3-4H3;8H,3-7H2,1-2H3/b8-6-;. The number of hydrogen-bond acceptors (Lipinski definition) is 3. The summed E-state index contributed by atoms with van der Waals surface area (Å²) in [5.41, 5.74) is 0.944. The fraction of sp³-hybridized carbons (Fsp3) is 0.688. The molecule has 0 N–H and O–H groups in total. The van der Waals surface area contributed by atoms with E-state index in [4.69, 9.17) is 0 Å². The fourth-order valence-corrected chi connectivity index (χ4v) is 2.21. The molecule has 0 aromatic carbocycles. The second-order valence-corrected chi connectivity index (χ2v) is 5.55. The molecule has 0 aromatic rings. The van der Waals surface area contributed by atoms with Gasteiger partial charge >= 0.3 is 0 Å². The van der Waals surface area contributed by atoms with Crippen LogP contribution in [0.25, 0.3) is 0 Å². The first-order chi connectivity index (χ1) is 9.01. The Kier molecular flexibility index (Phi) is 10.4. The molecule has 1 saturated carbocycles. The van der Waals surface area contributed by atoms with Crippen LogP contribution in [0.4, 0.5) is 0 Å². The molecular weight excluding hydrogens is 234 g/mol. The van der Waals surface area contributed by atoms with Crippen LogP contribution >= 0.6 is 0 Å². The highest BCUT2D eigenvalue weighted by atomic mass is 15.1. The molecular formula is C16H31N3. The van der Waals surface area contributed by atoms with Gasteiger partial charge in [-0.15, -0.1) is 0 Å². The summed E-state index contributed by atoms with van der Waals surface area (Å²) >= 11 is 0. The van der Waals surface area contributed by atoms with Gasteiger partial charge in [-0.05, 0) is 53.8 Å². The maximum absolute atomic E-state index is 3.82. The summed E-state index contributed by atoms with van der Waals surface area (Å²) in [6.45, 7) is 7.83. The first-order valence-corrected chi connectivity index (χ1v) is 7.10. The van der Waals surface area contributed by atoms with E-state index >= 15 is 0 Å². The Hall–Kier alpha value is -0.930. The number of likely N-dealkylation sites (N-methyl/N-ethyl adjacent to an activating group) is 1. The molecule has 1 aliphatic rings. The van der Waals surface area contributed by atoms with E-state index < -0.39 is 0 Å². The molecule has 0 unspecified atom stereocenters. The second kappa shape index (κ2) is 10.9. The highest BCUT2D eigenvalue weighted by Gasteiger charge is 2.13. The lowest BCUT2D eigenvalue weighted by atomic mass is 9.95. The van der Waals surface area contributed by atoms with Crippen LogP contribution in [0.2, 0.25) is 0 Å². The van der Waals surface area contributed by atoms with Gasteiger partial charge in [-0.1, -0.05) is 31.9 Å². The maximum Gasteiger partial charge on any atom is 0.0536 e. The SMILES string of the molecule is C=C/C=C(/CN(C)C)N=C.CN(C)C1CCCCC1. The average Bonchev–Trinajstić information content (AvgIpc) is 2.39. The van der Waals surface area contributed by atoms with E-state index in [9.17, 15) is 0 Å². The zero-order chi connectivity index (χ0) is 14.7. The van der Waals surface area contributed by atoms with Gasteiger partial charge in [-0.3, -0.25) is 4.99 Å². The van der Waals surface area contributed by atoms with Crippen molar-refractivity contribution in [2.45, 2.75) is 38.1 Å². The van der Waals surface area contributed by atoms with Gasteiger partial charge in [0.05, 0.1) is 5.70 Å². The fourth-order valence-electron chi connectivity index (χ4n) is 2.21. The minimum Gasteiger partial charge on any atom is -0.306 e. The Balaban J connectivity index is 0.000000342. The van der Waals surface area contributed by atoms with Crippen molar-refractivity contribution in [2.75, 3.05) is 34.7 Å². The number of aliphatic imine (C=N–C) groups is 1. The van der Waals surface area contributed by atoms with Crippen LogP contribution < -0.4 is 0 Å². The molecule has 0 spiro atoms. The summed E-state index contributed by atoms with van der Waals surface area (Å²) in [7, 11) is 8.36. The molecule has 1 aliphatic carbocycles. The first-order valence-electron chi connectivity index (χ1n) is 7.10. The van der Waals surface area contributed by atoms with Crippen LogP contribution in [0, 0.1) is 0 Å². The van der Waals surface area contributed by atoms with Crippen LogP contribution in [-0.4, -0.2) is 57.3 Å². The Morgan fingerprint density at radius 2 is 1.74 bits per heavy atom. The van der Waals surface area contributed by atoms with Gasteiger partial charge in [0.15, 0.2) is 0 Å².